The summed E-state index contributed by atoms with van der Waals surface area (Å²) in [5.74, 6) is -0.510. The van der Waals surface area contributed by atoms with Gasteiger partial charge in [0.15, 0.2) is 0 Å². The summed E-state index contributed by atoms with van der Waals surface area (Å²) in [6.45, 7) is 3.76. The maximum atomic E-state index is 12.1. The second-order valence-corrected chi connectivity index (χ2v) is 5.17. The van der Waals surface area contributed by atoms with Crippen LogP contribution in [0.1, 0.15) is 35.9 Å². The van der Waals surface area contributed by atoms with E-state index in [9.17, 15) is 9.59 Å². The van der Waals surface area contributed by atoms with E-state index < -0.39 is 5.97 Å². The Morgan fingerprint density at radius 1 is 1.53 bits per heavy atom. The smallest absolute Gasteiger partial charge is 0.354 e. The maximum Gasteiger partial charge on any atom is 0.354 e. The van der Waals surface area contributed by atoms with Crippen molar-refractivity contribution in [3.05, 3.63) is 17.5 Å². The van der Waals surface area contributed by atoms with Crippen molar-refractivity contribution in [1.29, 1.82) is 0 Å². The highest BCUT2D eigenvalue weighted by Crippen LogP contribution is 2.34. The van der Waals surface area contributed by atoms with Gasteiger partial charge >= 0.3 is 12.0 Å². The van der Waals surface area contributed by atoms with Gasteiger partial charge in [-0.2, -0.15) is 0 Å². The van der Waals surface area contributed by atoms with Crippen LogP contribution in [0.5, 0.6) is 0 Å². The quantitative estimate of drug-likeness (QED) is 0.780. The normalized spacial score (nSPS) is 15.9. The third-order valence-corrected chi connectivity index (χ3v) is 3.64. The number of carboxylic acids is 1. The number of rotatable bonds is 4. The monoisotopic (exact) mass is 265 g/mol. The Kier molecular flexibility index (Phi) is 3.50. The van der Waals surface area contributed by atoms with Gasteiger partial charge in [-0.05, 0) is 38.7 Å². The van der Waals surface area contributed by atoms with E-state index in [1.165, 1.54) is 0 Å². The third-order valence-electron chi connectivity index (χ3n) is 3.64. The number of carboxylic acid groups (broad SMARTS) is 1. The highest BCUT2D eigenvalue weighted by atomic mass is 16.4. The molecule has 0 spiro atoms. The predicted molar refractivity (Wildman–Crippen MR) is 71.5 cm³/mol. The fourth-order valence-electron chi connectivity index (χ4n) is 2.14. The van der Waals surface area contributed by atoms with Crippen molar-refractivity contribution in [2.75, 3.05) is 12.4 Å². The first-order valence-electron chi connectivity index (χ1n) is 6.37. The molecule has 1 aliphatic carbocycles. The van der Waals surface area contributed by atoms with E-state index in [0.29, 0.717) is 17.3 Å². The second-order valence-electron chi connectivity index (χ2n) is 5.17. The van der Waals surface area contributed by atoms with Crippen LogP contribution in [0.3, 0.4) is 0 Å². The van der Waals surface area contributed by atoms with Gasteiger partial charge in [0.25, 0.3) is 0 Å². The minimum absolute atomic E-state index is 0.0123. The average Bonchev–Trinajstić information content (AvgIpc) is 3.12. The number of H-pyrrole nitrogens is 1. The first-order valence-corrected chi connectivity index (χ1v) is 6.37. The van der Waals surface area contributed by atoms with E-state index in [1.54, 1.807) is 24.9 Å². The van der Waals surface area contributed by atoms with Crippen LogP contribution in [-0.4, -0.2) is 40.1 Å². The number of nitrogens with one attached hydrogen (secondary N) is 2. The lowest BCUT2D eigenvalue weighted by Crippen LogP contribution is -2.39. The number of aromatic amines is 1. The highest BCUT2D eigenvalue weighted by Gasteiger charge is 2.32. The zero-order valence-electron chi connectivity index (χ0n) is 11.4. The van der Waals surface area contributed by atoms with Gasteiger partial charge in [-0.1, -0.05) is 0 Å². The number of nitrogens with zero attached hydrogens (tertiary/aromatic N) is 1. The van der Waals surface area contributed by atoms with Crippen LogP contribution >= 0.6 is 0 Å². The number of aromatic nitrogens is 1. The number of aromatic carboxylic acids is 1. The average molecular weight is 265 g/mol. The van der Waals surface area contributed by atoms with Gasteiger partial charge in [-0.3, -0.25) is 0 Å². The lowest BCUT2D eigenvalue weighted by atomic mass is 10.2. The molecule has 0 aromatic carbocycles. The number of hydrogen-bond acceptors (Lipinski definition) is 2. The molecular weight excluding hydrogens is 246 g/mol. The molecule has 104 valence electrons. The summed E-state index contributed by atoms with van der Waals surface area (Å²) in [5, 5.41) is 11.7. The largest absolute Gasteiger partial charge is 0.477 e. The van der Waals surface area contributed by atoms with Gasteiger partial charge in [-0.15, -0.1) is 0 Å². The lowest BCUT2D eigenvalue weighted by Gasteiger charge is -2.25. The zero-order chi connectivity index (χ0) is 14.2. The Hall–Kier alpha value is -1.98. The van der Waals surface area contributed by atoms with E-state index in [1.807, 2.05) is 6.92 Å². The molecule has 0 bridgehead atoms. The fourth-order valence-corrected chi connectivity index (χ4v) is 2.14. The molecule has 6 nitrogen and oxygen atoms in total. The number of hydrogen-bond donors (Lipinski definition) is 3. The van der Waals surface area contributed by atoms with Crippen LogP contribution in [0.15, 0.2) is 6.07 Å². The number of urea groups is 1. The van der Waals surface area contributed by atoms with Gasteiger partial charge in [0, 0.05) is 18.8 Å². The van der Waals surface area contributed by atoms with Crippen LogP contribution in [0.4, 0.5) is 10.5 Å². The van der Waals surface area contributed by atoms with Crippen LogP contribution < -0.4 is 5.32 Å². The maximum absolute atomic E-state index is 12.1. The minimum atomic E-state index is -1.08. The van der Waals surface area contributed by atoms with E-state index in [4.69, 9.17) is 5.11 Å². The topological polar surface area (TPSA) is 85.4 Å². The molecule has 1 aromatic rings. The van der Waals surface area contributed by atoms with Gasteiger partial charge in [0.05, 0.1) is 5.69 Å². The fraction of sp³-hybridized carbons (Fsp3) is 0.538. The number of anilines is 1. The molecule has 2 rings (SSSR count). The predicted octanol–water partition coefficient (Wildman–Crippen LogP) is 2.28. The molecule has 0 saturated heterocycles. The van der Waals surface area contributed by atoms with E-state index in [2.05, 4.69) is 10.3 Å². The van der Waals surface area contributed by atoms with Crippen molar-refractivity contribution < 1.29 is 14.7 Å². The molecule has 2 amide bonds. The molecule has 1 unspecified atom stereocenters. The Balaban J connectivity index is 2.07. The summed E-state index contributed by atoms with van der Waals surface area (Å²) in [6.07, 6.45) is 2.31. The third kappa shape index (κ3) is 2.89. The van der Waals surface area contributed by atoms with Gasteiger partial charge in [-0.25, -0.2) is 9.59 Å². The van der Waals surface area contributed by atoms with Crippen molar-refractivity contribution in [1.82, 2.24) is 9.88 Å². The summed E-state index contributed by atoms with van der Waals surface area (Å²) in [6, 6.07) is 1.52. The van der Waals surface area contributed by atoms with Crippen molar-refractivity contribution in [2.45, 2.75) is 32.7 Å². The molecule has 0 radical (unpaired) electrons. The molecule has 1 atom stereocenters. The summed E-state index contributed by atoms with van der Waals surface area (Å²) < 4.78 is 0. The summed E-state index contributed by atoms with van der Waals surface area (Å²) >= 11 is 0. The Morgan fingerprint density at radius 3 is 2.68 bits per heavy atom. The van der Waals surface area contributed by atoms with Crippen molar-refractivity contribution in [2.24, 2.45) is 5.92 Å². The van der Waals surface area contributed by atoms with Gasteiger partial charge in [0.2, 0.25) is 0 Å². The van der Waals surface area contributed by atoms with Crippen LogP contribution in [0, 0.1) is 12.8 Å². The van der Waals surface area contributed by atoms with E-state index in [0.717, 1.165) is 12.8 Å². The first-order chi connectivity index (χ1) is 8.90. The van der Waals surface area contributed by atoms with Crippen LogP contribution in [0.25, 0.3) is 0 Å². The summed E-state index contributed by atoms with van der Waals surface area (Å²) in [5.41, 5.74) is 1.02. The Morgan fingerprint density at radius 2 is 2.16 bits per heavy atom. The number of aryl methyl sites for hydroxylation is 1. The molecule has 0 aliphatic heterocycles. The SMILES string of the molecule is Cc1cc(NC(=O)N(C)C(C)C2CC2)c(C(=O)O)[nH]1. The standard InChI is InChI=1S/C13H19N3O3/c1-7-6-10(11(14-7)12(17)18)15-13(19)16(3)8(2)9-4-5-9/h6,8-9,14H,4-5H2,1-3H3,(H,15,19)(H,17,18). The number of carbonyl (C=O) groups is 2. The summed E-state index contributed by atoms with van der Waals surface area (Å²) in [4.78, 5) is 27.5. The van der Waals surface area contributed by atoms with E-state index in [-0.39, 0.29) is 17.8 Å². The molecule has 1 aromatic heterocycles. The molecule has 1 fully saturated rings. The molecule has 1 aliphatic rings. The van der Waals surface area contributed by atoms with Crippen molar-refractivity contribution >= 4 is 17.7 Å². The number of amides is 2. The Bertz CT molecular complexity index is 505. The first kappa shape index (κ1) is 13.5. The number of carbonyl (C=O) groups excluding carboxylic acids is 1. The molecular formula is C13H19N3O3. The van der Waals surface area contributed by atoms with Gasteiger partial charge in [0.1, 0.15) is 5.69 Å². The molecule has 19 heavy (non-hydrogen) atoms. The highest BCUT2D eigenvalue weighted by molar-refractivity contribution is 5.99. The minimum Gasteiger partial charge on any atom is -0.477 e. The summed E-state index contributed by atoms with van der Waals surface area (Å²) in [7, 11) is 1.73. The molecule has 1 heterocycles. The van der Waals surface area contributed by atoms with E-state index >= 15 is 0 Å². The van der Waals surface area contributed by atoms with Crippen molar-refractivity contribution in [3.63, 3.8) is 0 Å². The molecule has 3 N–H and O–H groups in total. The second kappa shape index (κ2) is 4.95. The molecule has 1 saturated carbocycles. The Labute approximate surface area is 111 Å². The molecule has 6 heteroatoms. The lowest BCUT2D eigenvalue weighted by molar-refractivity contribution is 0.0692. The van der Waals surface area contributed by atoms with Crippen molar-refractivity contribution in [3.8, 4) is 0 Å². The zero-order valence-corrected chi connectivity index (χ0v) is 11.4. The van der Waals surface area contributed by atoms with Crippen LogP contribution in [-0.2, 0) is 0 Å². The van der Waals surface area contributed by atoms with Gasteiger partial charge < -0.3 is 20.3 Å². The van der Waals surface area contributed by atoms with Crippen LogP contribution in [0.2, 0.25) is 0 Å².